The van der Waals surface area contributed by atoms with Crippen molar-refractivity contribution in [2.24, 2.45) is 0 Å². The van der Waals surface area contributed by atoms with Crippen LogP contribution in [0.5, 0.6) is 5.75 Å². The van der Waals surface area contributed by atoms with Crippen LogP contribution in [0.15, 0.2) is 18.2 Å². The molecule has 0 saturated carbocycles. The maximum Gasteiger partial charge on any atom is 0.120 e. The van der Waals surface area contributed by atoms with Gasteiger partial charge in [0.1, 0.15) is 5.75 Å². The predicted octanol–water partition coefficient (Wildman–Crippen LogP) is 2.87. The summed E-state index contributed by atoms with van der Waals surface area (Å²) in [6.07, 6.45) is 0.260. The van der Waals surface area contributed by atoms with Crippen molar-refractivity contribution in [3.63, 3.8) is 0 Å². The lowest BCUT2D eigenvalue weighted by atomic mass is 10.0. The van der Waals surface area contributed by atoms with E-state index in [-0.39, 0.29) is 12.1 Å². The highest BCUT2D eigenvalue weighted by atomic mass is 16.5. The lowest BCUT2D eigenvalue weighted by molar-refractivity contribution is -0.0642. The van der Waals surface area contributed by atoms with Crippen molar-refractivity contribution in [2.45, 2.75) is 45.9 Å². The largest absolute Gasteiger partial charge is 0.508 e. The molecule has 0 spiro atoms. The fourth-order valence-corrected chi connectivity index (χ4v) is 2.65. The van der Waals surface area contributed by atoms with Crippen molar-refractivity contribution in [1.82, 2.24) is 4.90 Å². The predicted molar refractivity (Wildman–Crippen MR) is 72.8 cm³/mol. The number of aryl methyl sites for hydroxylation is 1. The Morgan fingerprint density at radius 3 is 2.78 bits per heavy atom. The summed E-state index contributed by atoms with van der Waals surface area (Å²) in [5.74, 6) is 0.397. The number of morpholine rings is 1. The van der Waals surface area contributed by atoms with E-state index in [1.807, 2.05) is 19.1 Å². The summed E-state index contributed by atoms with van der Waals surface area (Å²) < 4.78 is 5.65. The molecule has 1 aromatic carbocycles. The average molecular weight is 249 g/mol. The quantitative estimate of drug-likeness (QED) is 0.875. The summed E-state index contributed by atoms with van der Waals surface area (Å²) in [6.45, 7) is 10.1. The van der Waals surface area contributed by atoms with Gasteiger partial charge in [-0.2, -0.15) is 0 Å². The molecule has 1 aliphatic rings. The second-order valence-electron chi connectivity index (χ2n) is 5.43. The Hall–Kier alpha value is -1.06. The van der Waals surface area contributed by atoms with Gasteiger partial charge in [0.15, 0.2) is 0 Å². The van der Waals surface area contributed by atoms with Crippen LogP contribution in [0.3, 0.4) is 0 Å². The van der Waals surface area contributed by atoms with Crippen LogP contribution in [-0.4, -0.2) is 35.3 Å². The van der Waals surface area contributed by atoms with Crippen molar-refractivity contribution < 1.29 is 9.84 Å². The molecule has 1 aliphatic heterocycles. The van der Waals surface area contributed by atoms with E-state index in [1.54, 1.807) is 0 Å². The topological polar surface area (TPSA) is 32.7 Å². The molecule has 0 radical (unpaired) electrons. The summed E-state index contributed by atoms with van der Waals surface area (Å²) >= 11 is 0. The van der Waals surface area contributed by atoms with Gasteiger partial charge in [0.2, 0.25) is 0 Å². The summed E-state index contributed by atoms with van der Waals surface area (Å²) in [5, 5.41) is 10.1. The van der Waals surface area contributed by atoms with Gasteiger partial charge in [-0.25, -0.2) is 0 Å². The first kappa shape index (κ1) is 13.4. The van der Waals surface area contributed by atoms with Crippen molar-refractivity contribution in [1.29, 1.82) is 0 Å². The van der Waals surface area contributed by atoms with E-state index in [4.69, 9.17) is 4.74 Å². The van der Waals surface area contributed by atoms with Gasteiger partial charge < -0.3 is 9.84 Å². The van der Waals surface area contributed by atoms with Crippen LogP contribution in [0.1, 0.15) is 37.9 Å². The molecule has 3 atom stereocenters. The number of benzene rings is 1. The Bertz CT molecular complexity index is 419. The summed E-state index contributed by atoms with van der Waals surface area (Å²) in [6, 6.07) is 6.52. The summed E-state index contributed by atoms with van der Waals surface area (Å²) in [7, 11) is 0. The summed E-state index contributed by atoms with van der Waals surface area (Å²) in [5.41, 5.74) is 2.09. The zero-order chi connectivity index (χ0) is 13.3. The number of ether oxygens (including phenoxy) is 1. The Kier molecular flexibility index (Phi) is 3.93. The first-order chi connectivity index (χ1) is 8.49. The number of aromatic hydroxyl groups is 1. The first-order valence-corrected chi connectivity index (χ1v) is 6.66. The minimum Gasteiger partial charge on any atom is -0.508 e. The number of rotatable bonds is 2. The molecule has 1 heterocycles. The molecule has 2 rings (SSSR count). The second kappa shape index (κ2) is 5.29. The Labute approximate surface area is 109 Å². The molecule has 100 valence electrons. The van der Waals surface area contributed by atoms with E-state index in [2.05, 4.69) is 31.7 Å². The molecule has 1 N–H and O–H groups in total. The van der Waals surface area contributed by atoms with Crippen LogP contribution in [0.25, 0.3) is 0 Å². The van der Waals surface area contributed by atoms with E-state index in [1.165, 1.54) is 0 Å². The number of phenols is 1. The smallest absolute Gasteiger partial charge is 0.120 e. The molecular weight excluding hydrogens is 226 g/mol. The van der Waals surface area contributed by atoms with E-state index < -0.39 is 0 Å². The first-order valence-electron chi connectivity index (χ1n) is 6.66. The molecule has 3 heteroatoms. The van der Waals surface area contributed by atoms with Crippen LogP contribution in [0.4, 0.5) is 0 Å². The minimum absolute atomic E-state index is 0.215. The van der Waals surface area contributed by atoms with Crippen molar-refractivity contribution in [3.05, 3.63) is 29.3 Å². The van der Waals surface area contributed by atoms with Gasteiger partial charge in [0.05, 0.1) is 12.7 Å². The molecule has 18 heavy (non-hydrogen) atoms. The number of nitrogens with zero attached hydrogens (tertiary/aromatic N) is 1. The Balaban J connectivity index is 2.21. The number of phenolic OH excluding ortho intramolecular Hbond substituents is 1. The maximum atomic E-state index is 10.1. The summed E-state index contributed by atoms with van der Waals surface area (Å²) in [4.78, 5) is 2.40. The van der Waals surface area contributed by atoms with Crippen molar-refractivity contribution in [2.75, 3.05) is 13.2 Å². The maximum absolute atomic E-state index is 10.1. The van der Waals surface area contributed by atoms with Crippen molar-refractivity contribution in [3.8, 4) is 5.75 Å². The van der Waals surface area contributed by atoms with E-state index in [0.717, 1.165) is 24.3 Å². The highest BCUT2D eigenvalue weighted by Gasteiger charge is 2.29. The second-order valence-corrected chi connectivity index (χ2v) is 5.43. The van der Waals surface area contributed by atoms with Gasteiger partial charge in [-0.1, -0.05) is 12.1 Å². The van der Waals surface area contributed by atoms with Gasteiger partial charge in [-0.15, -0.1) is 0 Å². The van der Waals surface area contributed by atoms with E-state index >= 15 is 0 Å². The molecule has 1 fully saturated rings. The molecule has 0 bridgehead atoms. The van der Waals surface area contributed by atoms with Crippen LogP contribution in [0, 0.1) is 6.92 Å². The van der Waals surface area contributed by atoms with Gasteiger partial charge in [-0.05, 0) is 39.3 Å². The normalized spacial score (nSPS) is 27.1. The fraction of sp³-hybridized carbons (Fsp3) is 0.600. The minimum atomic E-state index is 0.215. The van der Waals surface area contributed by atoms with E-state index in [0.29, 0.717) is 11.8 Å². The standard InChI is InChI=1S/C15H23NO2/c1-10-5-6-14(15(17)7-10)13(4)16-8-12(3)18-9-11(16)2/h5-7,11-13,17H,8-9H2,1-4H3. The molecule has 3 unspecified atom stereocenters. The third-order valence-corrected chi connectivity index (χ3v) is 3.79. The van der Waals surface area contributed by atoms with Gasteiger partial charge in [0, 0.05) is 24.2 Å². The Morgan fingerprint density at radius 1 is 1.39 bits per heavy atom. The number of hydrogen-bond donors (Lipinski definition) is 1. The van der Waals surface area contributed by atoms with Gasteiger partial charge in [0.25, 0.3) is 0 Å². The Morgan fingerprint density at radius 2 is 2.11 bits per heavy atom. The molecule has 0 aromatic heterocycles. The third kappa shape index (κ3) is 2.68. The average Bonchev–Trinajstić information content (AvgIpc) is 2.31. The third-order valence-electron chi connectivity index (χ3n) is 3.79. The molecule has 0 aliphatic carbocycles. The SMILES string of the molecule is Cc1ccc(C(C)N2CC(C)OCC2C)c(O)c1. The van der Waals surface area contributed by atoms with E-state index in [9.17, 15) is 5.11 Å². The zero-order valence-corrected chi connectivity index (χ0v) is 11.7. The van der Waals surface area contributed by atoms with Crippen molar-refractivity contribution >= 4 is 0 Å². The highest BCUT2D eigenvalue weighted by Crippen LogP contribution is 2.31. The van der Waals surface area contributed by atoms with Crippen LogP contribution < -0.4 is 0 Å². The molecule has 1 saturated heterocycles. The van der Waals surface area contributed by atoms with Gasteiger partial charge >= 0.3 is 0 Å². The van der Waals surface area contributed by atoms with Crippen LogP contribution in [-0.2, 0) is 4.74 Å². The monoisotopic (exact) mass is 249 g/mol. The van der Waals surface area contributed by atoms with Gasteiger partial charge in [-0.3, -0.25) is 4.90 Å². The fourth-order valence-electron chi connectivity index (χ4n) is 2.65. The van der Waals surface area contributed by atoms with Crippen LogP contribution in [0.2, 0.25) is 0 Å². The molecule has 3 nitrogen and oxygen atoms in total. The molecule has 0 amide bonds. The zero-order valence-electron chi connectivity index (χ0n) is 11.7. The number of hydrogen-bond acceptors (Lipinski definition) is 3. The van der Waals surface area contributed by atoms with Crippen LogP contribution >= 0.6 is 0 Å². The lowest BCUT2D eigenvalue weighted by Gasteiger charge is -2.41. The highest BCUT2D eigenvalue weighted by molar-refractivity contribution is 5.38. The lowest BCUT2D eigenvalue weighted by Crippen LogP contribution is -2.48. The molecular formula is C15H23NO2. The molecule has 1 aromatic rings.